The molecule has 1 saturated carbocycles. The summed E-state index contributed by atoms with van der Waals surface area (Å²) in [6.07, 6.45) is 16.1. The van der Waals surface area contributed by atoms with Crippen LogP contribution in [-0.4, -0.2) is 31.6 Å². The maximum absolute atomic E-state index is 9.48. The molecule has 2 heterocycles. The molecule has 0 spiro atoms. The Bertz CT molecular complexity index is 1010. The molecule has 6 heteroatoms. The van der Waals surface area contributed by atoms with Crippen LogP contribution in [0.1, 0.15) is 43.2 Å². The lowest BCUT2D eigenvalue weighted by molar-refractivity contribution is 0.357. The van der Waals surface area contributed by atoms with Gasteiger partial charge in [0.2, 0.25) is 0 Å². The predicted molar refractivity (Wildman–Crippen MR) is 131 cm³/mol. The predicted octanol–water partition coefficient (Wildman–Crippen LogP) is 3.91. The Labute approximate surface area is 191 Å². The van der Waals surface area contributed by atoms with Crippen LogP contribution >= 0.6 is 0 Å². The van der Waals surface area contributed by atoms with E-state index in [1.54, 1.807) is 0 Å². The SMILES string of the molecule is Cc1ccc(N2C=C2/C=C(\NN)C2(C#N)CC2)cc1C1=C/CN(C)CCCCCN\C=C\1. The highest BCUT2D eigenvalue weighted by Crippen LogP contribution is 2.51. The van der Waals surface area contributed by atoms with Gasteiger partial charge in [-0.2, -0.15) is 5.26 Å². The van der Waals surface area contributed by atoms with Gasteiger partial charge in [0.1, 0.15) is 0 Å². The van der Waals surface area contributed by atoms with Crippen LogP contribution in [-0.2, 0) is 0 Å². The molecule has 6 nitrogen and oxygen atoms in total. The molecule has 0 saturated heterocycles. The molecule has 1 aromatic rings. The fourth-order valence-electron chi connectivity index (χ4n) is 4.17. The Morgan fingerprint density at radius 1 is 1.28 bits per heavy atom. The zero-order chi connectivity index (χ0) is 22.6. The minimum atomic E-state index is -0.426. The first kappa shape index (κ1) is 22.2. The first-order valence-electron chi connectivity index (χ1n) is 11.6. The maximum Gasteiger partial charge on any atom is 0.0983 e. The topological polar surface area (TPSA) is 80.1 Å². The van der Waals surface area contributed by atoms with Gasteiger partial charge in [0.15, 0.2) is 0 Å². The standard InChI is InChI=1S/C26H34N6/c1-20-6-7-22(32-18-23(32)17-25(30-28)26(19-27)10-11-26)16-24(20)21-8-13-29-12-4-3-5-14-31(2)15-9-21/h6-9,13,16-18,29-30H,3-5,10-12,14-15,28H2,1-2H3/b13-8+,21-9+,25-17-. The van der Waals surface area contributed by atoms with Crippen molar-refractivity contribution in [3.63, 3.8) is 0 Å². The zero-order valence-corrected chi connectivity index (χ0v) is 19.2. The van der Waals surface area contributed by atoms with Crippen molar-refractivity contribution in [3.05, 3.63) is 71.3 Å². The molecule has 0 unspecified atom stereocenters. The van der Waals surface area contributed by atoms with Crippen molar-refractivity contribution in [2.45, 2.75) is 39.0 Å². The van der Waals surface area contributed by atoms with Crippen molar-refractivity contribution < 1.29 is 0 Å². The van der Waals surface area contributed by atoms with E-state index in [9.17, 15) is 5.26 Å². The molecule has 4 rings (SSSR count). The summed E-state index contributed by atoms with van der Waals surface area (Å²) in [5, 5.41) is 12.9. The molecule has 0 amide bonds. The lowest BCUT2D eigenvalue weighted by Crippen LogP contribution is -2.27. The number of hydrogen-bond donors (Lipinski definition) is 3. The number of likely N-dealkylation sites (N-methyl/N-ethyl adjacent to an activating group) is 1. The van der Waals surface area contributed by atoms with Gasteiger partial charge in [-0.3, -0.25) is 5.84 Å². The first-order valence-corrected chi connectivity index (χ1v) is 11.6. The van der Waals surface area contributed by atoms with Gasteiger partial charge in [0.25, 0.3) is 0 Å². The summed E-state index contributed by atoms with van der Waals surface area (Å²) in [6.45, 7) is 5.24. The first-order chi connectivity index (χ1) is 15.6. The van der Waals surface area contributed by atoms with E-state index in [0.29, 0.717) is 0 Å². The molecular formula is C26H34N6. The van der Waals surface area contributed by atoms with Crippen LogP contribution in [0, 0.1) is 23.7 Å². The van der Waals surface area contributed by atoms with Gasteiger partial charge >= 0.3 is 0 Å². The number of hydrogen-bond acceptors (Lipinski definition) is 6. The van der Waals surface area contributed by atoms with Crippen molar-refractivity contribution in [1.29, 1.82) is 5.26 Å². The smallest absolute Gasteiger partial charge is 0.0983 e. The van der Waals surface area contributed by atoms with Crippen LogP contribution in [0.25, 0.3) is 5.57 Å². The van der Waals surface area contributed by atoms with Crippen LogP contribution in [0.3, 0.4) is 0 Å². The number of aryl methyl sites for hydroxylation is 1. The number of rotatable bonds is 5. The highest BCUT2D eigenvalue weighted by Gasteiger charge is 2.47. The number of anilines is 1. The third-order valence-electron chi connectivity index (χ3n) is 6.57. The van der Waals surface area contributed by atoms with Gasteiger partial charge in [-0.15, -0.1) is 0 Å². The summed E-state index contributed by atoms with van der Waals surface area (Å²) < 4.78 is 0. The molecule has 168 valence electrons. The number of nitrogens with one attached hydrogen (secondary N) is 2. The van der Waals surface area contributed by atoms with Gasteiger partial charge in [-0.25, -0.2) is 0 Å². The summed E-state index contributed by atoms with van der Waals surface area (Å²) in [4.78, 5) is 4.54. The Kier molecular flexibility index (Phi) is 6.69. The summed E-state index contributed by atoms with van der Waals surface area (Å²) >= 11 is 0. The zero-order valence-electron chi connectivity index (χ0n) is 19.2. The highest BCUT2D eigenvalue weighted by molar-refractivity contribution is 5.80. The van der Waals surface area contributed by atoms with Crippen molar-refractivity contribution in [2.24, 2.45) is 11.3 Å². The molecule has 2 aliphatic heterocycles. The molecule has 32 heavy (non-hydrogen) atoms. The van der Waals surface area contributed by atoms with Gasteiger partial charge in [0, 0.05) is 30.7 Å². The van der Waals surface area contributed by atoms with Gasteiger partial charge in [-0.1, -0.05) is 18.6 Å². The molecule has 0 atom stereocenters. The molecule has 4 N–H and O–H groups in total. The van der Waals surface area contributed by atoms with E-state index in [0.717, 1.165) is 49.6 Å². The molecule has 0 radical (unpaired) electrons. The fraction of sp³-hybridized carbons (Fsp3) is 0.423. The summed E-state index contributed by atoms with van der Waals surface area (Å²) in [5.41, 5.74) is 9.04. The molecule has 3 aliphatic rings. The van der Waals surface area contributed by atoms with Crippen molar-refractivity contribution in [3.8, 4) is 6.07 Å². The Morgan fingerprint density at radius 2 is 2.12 bits per heavy atom. The van der Waals surface area contributed by atoms with Crippen LogP contribution < -0.4 is 21.5 Å². The molecule has 1 aromatic carbocycles. The van der Waals surface area contributed by atoms with Gasteiger partial charge in [0.05, 0.1) is 17.2 Å². The monoisotopic (exact) mass is 430 g/mol. The second-order valence-corrected chi connectivity index (χ2v) is 9.09. The van der Waals surface area contributed by atoms with E-state index in [4.69, 9.17) is 5.84 Å². The quantitative estimate of drug-likeness (QED) is 0.485. The molecular weight excluding hydrogens is 396 g/mol. The Balaban J connectivity index is 1.54. The minimum Gasteiger partial charge on any atom is -0.391 e. The summed E-state index contributed by atoms with van der Waals surface area (Å²) in [5.74, 6) is 5.72. The second kappa shape index (κ2) is 9.64. The van der Waals surface area contributed by atoms with E-state index in [-0.39, 0.29) is 0 Å². The summed E-state index contributed by atoms with van der Waals surface area (Å²) in [6, 6.07) is 8.98. The van der Waals surface area contributed by atoms with E-state index in [2.05, 4.69) is 83.3 Å². The largest absolute Gasteiger partial charge is 0.391 e. The van der Waals surface area contributed by atoms with Crippen LogP contribution in [0.2, 0.25) is 0 Å². The summed E-state index contributed by atoms with van der Waals surface area (Å²) in [7, 11) is 2.19. The van der Waals surface area contributed by atoms with Crippen LogP contribution in [0.5, 0.6) is 0 Å². The number of nitrogens with two attached hydrogens (primary N) is 1. The normalized spacial score (nSPS) is 23.9. The lowest BCUT2D eigenvalue weighted by Gasteiger charge is -2.17. The third kappa shape index (κ3) is 5.07. The second-order valence-electron chi connectivity index (χ2n) is 9.09. The number of allylic oxidation sites excluding steroid dienone is 4. The van der Waals surface area contributed by atoms with Gasteiger partial charge < -0.3 is 20.5 Å². The lowest BCUT2D eigenvalue weighted by atomic mass is 9.99. The molecule has 0 aromatic heterocycles. The fourth-order valence-corrected chi connectivity index (χ4v) is 4.17. The van der Waals surface area contributed by atoms with E-state index in [1.807, 2.05) is 6.08 Å². The number of benzene rings is 1. The Hall–Kier alpha value is -3.01. The molecule has 0 bridgehead atoms. The number of nitrogens with zero attached hydrogens (tertiary/aromatic N) is 3. The van der Waals surface area contributed by atoms with Crippen LogP contribution in [0.4, 0.5) is 5.69 Å². The van der Waals surface area contributed by atoms with Gasteiger partial charge in [-0.05, 0) is 93.4 Å². The van der Waals surface area contributed by atoms with E-state index >= 15 is 0 Å². The molecule has 1 aliphatic carbocycles. The maximum atomic E-state index is 9.48. The van der Waals surface area contributed by atoms with Crippen molar-refractivity contribution >= 4 is 11.3 Å². The van der Waals surface area contributed by atoms with E-state index < -0.39 is 5.41 Å². The minimum absolute atomic E-state index is 0.426. The number of hydrazine groups is 1. The Morgan fingerprint density at radius 3 is 2.88 bits per heavy atom. The third-order valence-corrected chi connectivity index (χ3v) is 6.57. The average molecular weight is 431 g/mol. The van der Waals surface area contributed by atoms with Crippen molar-refractivity contribution in [2.75, 3.05) is 31.6 Å². The van der Waals surface area contributed by atoms with Crippen molar-refractivity contribution in [1.82, 2.24) is 15.6 Å². The van der Waals surface area contributed by atoms with Crippen LogP contribution in [0.15, 0.2) is 60.2 Å². The highest BCUT2D eigenvalue weighted by atomic mass is 15.3. The van der Waals surface area contributed by atoms with E-state index in [1.165, 1.54) is 36.0 Å². The average Bonchev–Trinajstić information content (AvgIpc) is 3.71. The molecule has 1 fully saturated rings. The number of nitriles is 1.